The maximum Gasteiger partial charge on any atom is 0.246 e. The summed E-state index contributed by atoms with van der Waals surface area (Å²) >= 11 is 0. The zero-order valence-electron chi connectivity index (χ0n) is 14.4. The number of sulfonamides is 2. The third-order valence-corrected chi connectivity index (χ3v) is 8.20. The lowest BCUT2D eigenvalue weighted by atomic mass is 10.2. The normalized spacial score (nSPS) is 16.6. The van der Waals surface area contributed by atoms with Gasteiger partial charge < -0.3 is 0 Å². The molecule has 0 unspecified atom stereocenters. The van der Waals surface area contributed by atoms with Crippen LogP contribution in [0.2, 0.25) is 0 Å². The van der Waals surface area contributed by atoms with Crippen molar-refractivity contribution in [3.63, 3.8) is 0 Å². The maximum atomic E-state index is 13.9. The van der Waals surface area contributed by atoms with Gasteiger partial charge in [-0.3, -0.25) is 0 Å². The molecule has 11 heteroatoms. The van der Waals surface area contributed by atoms with Crippen LogP contribution in [0.4, 0.5) is 8.78 Å². The largest absolute Gasteiger partial charge is 0.246 e. The van der Waals surface area contributed by atoms with Crippen molar-refractivity contribution in [1.29, 1.82) is 5.26 Å². The highest BCUT2D eigenvalue weighted by Gasteiger charge is 2.35. The minimum absolute atomic E-state index is 0.0145. The predicted octanol–water partition coefficient (Wildman–Crippen LogP) is 1.53. The molecule has 148 valence electrons. The van der Waals surface area contributed by atoms with Gasteiger partial charge in [0.2, 0.25) is 20.0 Å². The molecule has 0 radical (unpaired) electrons. The Hall–Kier alpha value is -2.39. The summed E-state index contributed by atoms with van der Waals surface area (Å²) in [5.74, 6) is -1.98. The number of hydrogen-bond donors (Lipinski definition) is 0. The topological polar surface area (TPSA) is 98.5 Å². The number of nitriles is 1. The molecular weight excluding hydrogens is 412 g/mol. The minimum atomic E-state index is -4.32. The van der Waals surface area contributed by atoms with Gasteiger partial charge in [-0.1, -0.05) is 12.1 Å². The van der Waals surface area contributed by atoms with Crippen LogP contribution < -0.4 is 0 Å². The zero-order valence-corrected chi connectivity index (χ0v) is 16.0. The molecule has 7 nitrogen and oxygen atoms in total. The van der Waals surface area contributed by atoms with E-state index < -0.39 is 36.6 Å². The van der Waals surface area contributed by atoms with Gasteiger partial charge in [0.25, 0.3) is 0 Å². The minimum Gasteiger partial charge on any atom is -0.207 e. The highest BCUT2D eigenvalue weighted by Crippen LogP contribution is 2.25. The van der Waals surface area contributed by atoms with Crippen molar-refractivity contribution in [3.8, 4) is 6.07 Å². The van der Waals surface area contributed by atoms with Crippen LogP contribution in [-0.4, -0.2) is 51.6 Å². The fourth-order valence-electron chi connectivity index (χ4n) is 2.89. The van der Waals surface area contributed by atoms with Crippen LogP contribution in [0.3, 0.4) is 0 Å². The summed E-state index contributed by atoms with van der Waals surface area (Å²) in [5.41, 5.74) is -0.0145. The quantitative estimate of drug-likeness (QED) is 0.737. The fraction of sp³-hybridized carbons (Fsp3) is 0.235. The van der Waals surface area contributed by atoms with Crippen molar-refractivity contribution in [2.45, 2.75) is 9.79 Å². The van der Waals surface area contributed by atoms with Crippen LogP contribution >= 0.6 is 0 Å². The van der Waals surface area contributed by atoms with Gasteiger partial charge in [-0.2, -0.15) is 13.9 Å². The Kier molecular flexibility index (Phi) is 5.49. The first-order valence-electron chi connectivity index (χ1n) is 8.12. The summed E-state index contributed by atoms with van der Waals surface area (Å²) in [7, 11) is -8.32. The highest BCUT2D eigenvalue weighted by molar-refractivity contribution is 7.89. The van der Waals surface area contributed by atoms with Gasteiger partial charge in [-0.05, 0) is 30.3 Å². The van der Waals surface area contributed by atoms with E-state index in [1.807, 2.05) is 6.07 Å². The second-order valence-electron chi connectivity index (χ2n) is 5.99. The first-order valence-corrected chi connectivity index (χ1v) is 11.0. The Labute approximate surface area is 161 Å². The third kappa shape index (κ3) is 3.64. The van der Waals surface area contributed by atoms with Crippen molar-refractivity contribution < 1.29 is 25.6 Å². The van der Waals surface area contributed by atoms with Crippen LogP contribution in [0.25, 0.3) is 0 Å². The Balaban J connectivity index is 1.83. The maximum absolute atomic E-state index is 13.9. The third-order valence-electron chi connectivity index (χ3n) is 4.33. The molecule has 0 aliphatic carbocycles. The van der Waals surface area contributed by atoms with E-state index in [1.165, 1.54) is 24.3 Å². The van der Waals surface area contributed by atoms with Crippen LogP contribution in [0, 0.1) is 23.0 Å². The molecule has 0 saturated carbocycles. The summed E-state index contributed by atoms with van der Waals surface area (Å²) in [6.45, 7) is -0.824. The molecule has 0 aromatic heterocycles. The van der Waals surface area contributed by atoms with Gasteiger partial charge in [0, 0.05) is 26.2 Å². The SMILES string of the molecule is N#Cc1ccccc1S(=O)(=O)N1CCN(S(=O)(=O)c2cc(F)ccc2F)CC1. The monoisotopic (exact) mass is 427 g/mol. The molecule has 1 heterocycles. The van der Waals surface area contributed by atoms with E-state index in [9.17, 15) is 25.6 Å². The van der Waals surface area contributed by atoms with Crippen molar-refractivity contribution in [1.82, 2.24) is 8.61 Å². The highest BCUT2D eigenvalue weighted by atomic mass is 32.2. The van der Waals surface area contributed by atoms with Crippen LogP contribution in [-0.2, 0) is 20.0 Å². The summed E-state index contributed by atoms with van der Waals surface area (Å²) in [5, 5.41) is 9.12. The molecule has 1 aliphatic heterocycles. The fourth-order valence-corrected chi connectivity index (χ4v) is 5.95. The second kappa shape index (κ2) is 7.56. The molecule has 0 N–H and O–H groups in total. The second-order valence-corrected chi connectivity index (χ2v) is 9.80. The van der Waals surface area contributed by atoms with Crippen molar-refractivity contribution in [2.75, 3.05) is 26.2 Å². The predicted molar refractivity (Wildman–Crippen MR) is 95.0 cm³/mol. The Morgan fingerprint density at radius 2 is 1.36 bits per heavy atom. The first kappa shape index (κ1) is 20.3. The van der Waals surface area contributed by atoms with Gasteiger partial charge in [0.05, 0.1) is 10.5 Å². The van der Waals surface area contributed by atoms with Crippen molar-refractivity contribution in [3.05, 3.63) is 59.7 Å². The van der Waals surface area contributed by atoms with E-state index in [0.29, 0.717) is 6.07 Å². The Morgan fingerprint density at radius 1 is 0.821 bits per heavy atom. The molecule has 0 bridgehead atoms. The standard InChI is InChI=1S/C17H15F2N3O4S2/c18-14-5-6-15(19)17(11-14)28(25,26)22-9-7-21(8-10-22)27(23,24)16-4-2-1-3-13(16)12-20/h1-6,11H,7-10H2. The Bertz CT molecular complexity index is 1150. The molecule has 1 saturated heterocycles. The lowest BCUT2D eigenvalue weighted by Gasteiger charge is -2.33. The van der Waals surface area contributed by atoms with Gasteiger partial charge in [0.15, 0.2) is 0 Å². The molecule has 1 aliphatic rings. The summed E-state index contributed by atoms with van der Waals surface area (Å²) in [6, 6.07) is 9.65. The smallest absolute Gasteiger partial charge is 0.207 e. The number of benzene rings is 2. The molecule has 0 amide bonds. The molecule has 28 heavy (non-hydrogen) atoms. The average molecular weight is 427 g/mol. The van der Waals surface area contributed by atoms with Crippen LogP contribution in [0.5, 0.6) is 0 Å². The van der Waals surface area contributed by atoms with Crippen LogP contribution in [0.15, 0.2) is 52.3 Å². The van der Waals surface area contributed by atoms with Crippen LogP contribution in [0.1, 0.15) is 5.56 Å². The van der Waals surface area contributed by atoms with Crippen molar-refractivity contribution in [2.24, 2.45) is 0 Å². The number of hydrogen-bond acceptors (Lipinski definition) is 5. The van der Waals surface area contributed by atoms with Crippen molar-refractivity contribution >= 4 is 20.0 Å². The van der Waals surface area contributed by atoms with E-state index in [2.05, 4.69) is 0 Å². The molecule has 1 fully saturated rings. The molecule has 2 aromatic rings. The number of rotatable bonds is 4. The van der Waals surface area contributed by atoms with Gasteiger partial charge in [0.1, 0.15) is 22.6 Å². The zero-order chi connectivity index (χ0) is 20.5. The average Bonchev–Trinajstić information content (AvgIpc) is 2.69. The van der Waals surface area contributed by atoms with Gasteiger partial charge >= 0.3 is 0 Å². The number of nitrogens with zero attached hydrogens (tertiary/aromatic N) is 3. The number of halogens is 2. The molecule has 3 rings (SSSR count). The van der Waals surface area contributed by atoms with Gasteiger partial charge in [-0.15, -0.1) is 0 Å². The van der Waals surface area contributed by atoms with E-state index in [1.54, 1.807) is 0 Å². The molecule has 0 spiro atoms. The summed E-state index contributed by atoms with van der Waals surface area (Å²) in [6.07, 6.45) is 0. The van der Waals surface area contributed by atoms with E-state index >= 15 is 0 Å². The summed E-state index contributed by atoms with van der Waals surface area (Å²) in [4.78, 5) is -0.955. The van der Waals surface area contributed by atoms with Gasteiger partial charge in [-0.25, -0.2) is 25.6 Å². The van der Waals surface area contributed by atoms with E-state index in [-0.39, 0.29) is 36.6 Å². The Morgan fingerprint density at radius 3 is 1.93 bits per heavy atom. The molecular formula is C17H15F2N3O4S2. The summed E-state index contributed by atoms with van der Waals surface area (Å²) < 4.78 is 80.0. The lowest BCUT2D eigenvalue weighted by molar-refractivity contribution is 0.272. The number of piperazine rings is 1. The first-order chi connectivity index (χ1) is 13.2. The lowest BCUT2D eigenvalue weighted by Crippen LogP contribution is -2.50. The molecule has 0 atom stereocenters. The molecule has 2 aromatic carbocycles. The van der Waals surface area contributed by atoms with E-state index in [0.717, 1.165) is 20.7 Å². The van der Waals surface area contributed by atoms with E-state index in [4.69, 9.17) is 5.26 Å².